The first kappa shape index (κ1) is 14.3. The molecule has 0 saturated carbocycles. The highest BCUT2D eigenvalue weighted by atomic mass is 35.5. The first-order valence-corrected chi connectivity index (χ1v) is 6.12. The quantitative estimate of drug-likeness (QED) is 0.910. The van der Waals surface area contributed by atoms with E-state index in [-0.39, 0.29) is 5.56 Å². The summed E-state index contributed by atoms with van der Waals surface area (Å²) in [7, 11) is 0. The lowest BCUT2D eigenvalue weighted by molar-refractivity contribution is -0.118. The number of nitrogens with two attached hydrogens (primary N) is 1. The number of carbonyl (C=O) groups is 1. The Kier molecular flexibility index (Phi) is 4.20. The van der Waals surface area contributed by atoms with E-state index in [1.165, 1.54) is 0 Å². The van der Waals surface area contributed by atoms with Gasteiger partial charge in [-0.15, -0.1) is 0 Å². The maximum Gasteiger partial charge on any atom is 0.244 e. The van der Waals surface area contributed by atoms with Crippen molar-refractivity contribution in [2.24, 2.45) is 5.73 Å². The van der Waals surface area contributed by atoms with Crippen LogP contribution in [0.1, 0.15) is 11.6 Å². The van der Waals surface area contributed by atoms with Gasteiger partial charge in [-0.2, -0.15) is 0 Å². The van der Waals surface area contributed by atoms with Crippen LogP contribution in [0.4, 0.5) is 14.5 Å². The number of benzene rings is 2. The van der Waals surface area contributed by atoms with Crippen LogP contribution in [0.15, 0.2) is 42.5 Å². The molecule has 0 heterocycles. The number of amides is 1. The van der Waals surface area contributed by atoms with Crippen LogP contribution in [0.5, 0.6) is 0 Å². The van der Waals surface area contributed by atoms with E-state index in [0.717, 1.165) is 18.2 Å². The van der Waals surface area contributed by atoms with Gasteiger partial charge in [0, 0.05) is 5.56 Å². The molecule has 104 valence electrons. The Morgan fingerprint density at radius 2 is 1.90 bits per heavy atom. The lowest BCUT2D eigenvalue weighted by Crippen LogP contribution is -2.28. The molecule has 0 spiro atoms. The zero-order chi connectivity index (χ0) is 14.7. The van der Waals surface area contributed by atoms with Gasteiger partial charge in [-0.3, -0.25) is 4.79 Å². The summed E-state index contributed by atoms with van der Waals surface area (Å²) in [6.07, 6.45) is 0. The number of halogens is 3. The van der Waals surface area contributed by atoms with Gasteiger partial charge in [0.25, 0.3) is 0 Å². The van der Waals surface area contributed by atoms with Crippen LogP contribution < -0.4 is 11.1 Å². The zero-order valence-electron chi connectivity index (χ0n) is 10.2. The van der Waals surface area contributed by atoms with Crippen molar-refractivity contribution < 1.29 is 13.6 Å². The Morgan fingerprint density at radius 1 is 1.20 bits per heavy atom. The lowest BCUT2D eigenvalue weighted by Gasteiger charge is -2.18. The summed E-state index contributed by atoms with van der Waals surface area (Å²) in [5.41, 5.74) is 5.49. The third-order valence-corrected chi connectivity index (χ3v) is 3.06. The molecule has 3 nitrogen and oxygen atoms in total. The summed E-state index contributed by atoms with van der Waals surface area (Å²) < 4.78 is 27.0. The number of hydrogen-bond donors (Lipinski definition) is 2. The van der Waals surface area contributed by atoms with E-state index in [4.69, 9.17) is 17.3 Å². The monoisotopic (exact) mass is 296 g/mol. The van der Waals surface area contributed by atoms with Crippen LogP contribution >= 0.6 is 11.6 Å². The summed E-state index contributed by atoms with van der Waals surface area (Å²) in [6.45, 7) is 0. The summed E-state index contributed by atoms with van der Waals surface area (Å²) in [5, 5.41) is 3.06. The molecule has 2 rings (SSSR count). The van der Waals surface area contributed by atoms with E-state index in [9.17, 15) is 13.6 Å². The van der Waals surface area contributed by atoms with Gasteiger partial charge in [0.05, 0.1) is 10.7 Å². The molecule has 20 heavy (non-hydrogen) atoms. The molecule has 3 N–H and O–H groups in total. The van der Waals surface area contributed by atoms with E-state index in [2.05, 4.69) is 5.32 Å². The van der Waals surface area contributed by atoms with Crippen molar-refractivity contribution >= 4 is 23.2 Å². The van der Waals surface area contributed by atoms with Gasteiger partial charge in [-0.05, 0) is 30.3 Å². The minimum atomic E-state index is -1.22. The molecule has 1 atom stereocenters. The SMILES string of the molecule is NC(=O)C(Nc1ccccc1Cl)c1cc(F)ccc1F. The molecule has 0 aliphatic rings. The Bertz CT molecular complexity index is 649. The zero-order valence-corrected chi connectivity index (χ0v) is 11.0. The molecule has 0 aliphatic carbocycles. The van der Waals surface area contributed by atoms with E-state index >= 15 is 0 Å². The number of anilines is 1. The van der Waals surface area contributed by atoms with Crippen LogP contribution in [0.25, 0.3) is 0 Å². The van der Waals surface area contributed by atoms with Gasteiger partial charge in [-0.1, -0.05) is 23.7 Å². The summed E-state index contributed by atoms with van der Waals surface area (Å²) in [4.78, 5) is 11.5. The van der Waals surface area contributed by atoms with Gasteiger partial charge in [-0.25, -0.2) is 8.78 Å². The Hall–Kier alpha value is -2.14. The smallest absolute Gasteiger partial charge is 0.244 e. The molecule has 2 aromatic rings. The number of hydrogen-bond acceptors (Lipinski definition) is 2. The minimum Gasteiger partial charge on any atom is -0.369 e. The van der Waals surface area contributed by atoms with Gasteiger partial charge >= 0.3 is 0 Å². The van der Waals surface area contributed by atoms with Crippen LogP contribution in [-0.4, -0.2) is 5.91 Å². The van der Waals surface area contributed by atoms with Crippen molar-refractivity contribution in [1.82, 2.24) is 0 Å². The largest absolute Gasteiger partial charge is 0.369 e. The van der Waals surface area contributed by atoms with Gasteiger partial charge in [0.2, 0.25) is 5.91 Å². The molecule has 0 bridgehead atoms. The van der Waals surface area contributed by atoms with Crippen LogP contribution in [-0.2, 0) is 4.79 Å². The maximum absolute atomic E-state index is 13.7. The fraction of sp³-hybridized carbons (Fsp3) is 0.0714. The molecule has 0 saturated heterocycles. The second-order valence-electron chi connectivity index (χ2n) is 4.13. The fourth-order valence-electron chi connectivity index (χ4n) is 1.77. The summed E-state index contributed by atoms with van der Waals surface area (Å²) >= 11 is 5.95. The van der Waals surface area contributed by atoms with Crippen molar-refractivity contribution in [2.45, 2.75) is 6.04 Å². The van der Waals surface area contributed by atoms with Gasteiger partial charge in [0.1, 0.15) is 17.7 Å². The topological polar surface area (TPSA) is 55.1 Å². The Balaban J connectivity index is 2.40. The number of rotatable bonds is 4. The number of para-hydroxylation sites is 1. The molecule has 2 aromatic carbocycles. The van der Waals surface area contributed by atoms with E-state index in [1.807, 2.05) is 0 Å². The Morgan fingerprint density at radius 3 is 2.55 bits per heavy atom. The van der Waals surface area contributed by atoms with Crippen LogP contribution in [0, 0.1) is 11.6 Å². The van der Waals surface area contributed by atoms with Crippen molar-refractivity contribution in [3.8, 4) is 0 Å². The molecule has 0 fully saturated rings. The fourth-order valence-corrected chi connectivity index (χ4v) is 1.96. The summed E-state index contributed by atoms with van der Waals surface area (Å²) in [6, 6.07) is 8.21. The summed E-state index contributed by atoms with van der Waals surface area (Å²) in [5.74, 6) is -2.22. The average Bonchev–Trinajstić information content (AvgIpc) is 2.40. The standard InChI is InChI=1S/C14H11ClF2N2O/c15-10-3-1-2-4-12(10)19-13(14(18)20)9-7-8(16)5-6-11(9)17/h1-7,13,19H,(H2,18,20). The average molecular weight is 297 g/mol. The van der Waals surface area contributed by atoms with E-state index < -0.39 is 23.6 Å². The first-order chi connectivity index (χ1) is 9.49. The highest BCUT2D eigenvalue weighted by Gasteiger charge is 2.22. The normalized spacial score (nSPS) is 11.9. The number of nitrogens with one attached hydrogen (secondary N) is 1. The lowest BCUT2D eigenvalue weighted by atomic mass is 10.0. The van der Waals surface area contributed by atoms with Crippen molar-refractivity contribution in [3.63, 3.8) is 0 Å². The van der Waals surface area contributed by atoms with Crippen LogP contribution in [0.2, 0.25) is 5.02 Å². The second kappa shape index (κ2) is 5.88. The minimum absolute atomic E-state index is 0.169. The third kappa shape index (κ3) is 3.05. The van der Waals surface area contributed by atoms with Gasteiger partial charge in [0.15, 0.2) is 0 Å². The predicted octanol–water partition coefficient (Wildman–Crippen LogP) is 3.26. The molecule has 1 unspecified atom stereocenters. The first-order valence-electron chi connectivity index (χ1n) is 5.74. The molecule has 0 aliphatic heterocycles. The molecular formula is C14H11ClF2N2O. The van der Waals surface area contributed by atoms with Crippen molar-refractivity contribution in [3.05, 3.63) is 64.7 Å². The molecule has 1 amide bonds. The molecule has 0 aromatic heterocycles. The molecule has 0 radical (unpaired) electrons. The van der Waals surface area contributed by atoms with Gasteiger partial charge < -0.3 is 11.1 Å². The molecule has 6 heteroatoms. The highest BCUT2D eigenvalue weighted by molar-refractivity contribution is 6.33. The predicted molar refractivity (Wildman–Crippen MR) is 73.4 cm³/mol. The third-order valence-electron chi connectivity index (χ3n) is 2.73. The second-order valence-corrected chi connectivity index (χ2v) is 4.53. The van der Waals surface area contributed by atoms with Crippen molar-refractivity contribution in [1.29, 1.82) is 0 Å². The van der Waals surface area contributed by atoms with Crippen LogP contribution in [0.3, 0.4) is 0 Å². The number of primary amides is 1. The Labute approximate surface area is 119 Å². The molecular weight excluding hydrogens is 286 g/mol. The highest BCUT2D eigenvalue weighted by Crippen LogP contribution is 2.27. The maximum atomic E-state index is 13.7. The van der Waals surface area contributed by atoms with E-state index in [0.29, 0.717) is 10.7 Å². The van der Waals surface area contributed by atoms with E-state index in [1.54, 1.807) is 24.3 Å². The van der Waals surface area contributed by atoms with Crippen molar-refractivity contribution in [2.75, 3.05) is 5.32 Å². The number of carbonyl (C=O) groups excluding carboxylic acids is 1.